The van der Waals surface area contributed by atoms with Gasteiger partial charge < -0.3 is 14.4 Å². The van der Waals surface area contributed by atoms with Gasteiger partial charge in [0.2, 0.25) is 0 Å². The minimum Gasteiger partial charge on any atom is -0.495 e. The molecule has 1 fully saturated rings. The van der Waals surface area contributed by atoms with E-state index >= 15 is 0 Å². The number of nitrogens with zero attached hydrogens (tertiary/aromatic N) is 1. The van der Waals surface area contributed by atoms with Crippen molar-refractivity contribution in [2.75, 3.05) is 36.5 Å². The maximum Gasteiger partial charge on any atom is 0.265 e. The number of nitrogens with one attached hydrogen (secondary N) is 1. The molecule has 140 valence electrons. The fraction of sp³-hybridized carbons (Fsp3) is 0.368. The Hall–Kier alpha value is -2.25. The van der Waals surface area contributed by atoms with E-state index in [9.17, 15) is 8.42 Å². The maximum atomic E-state index is 12.8. The van der Waals surface area contributed by atoms with E-state index in [2.05, 4.69) is 16.5 Å². The molecule has 2 aromatic carbocycles. The Kier molecular flexibility index (Phi) is 5.38. The fourth-order valence-electron chi connectivity index (χ4n) is 3.04. The minimum atomic E-state index is -3.74. The number of aryl methyl sites for hydroxylation is 1. The highest BCUT2D eigenvalue weighted by Crippen LogP contribution is 2.28. The Morgan fingerprint density at radius 3 is 2.58 bits per heavy atom. The summed E-state index contributed by atoms with van der Waals surface area (Å²) in [4.78, 5) is 2.39. The van der Waals surface area contributed by atoms with Crippen LogP contribution in [-0.2, 0) is 14.8 Å². The van der Waals surface area contributed by atoms with Gasteiger partial charge in [-0.2, -0.15) is 0 Å². The lowest BCUT2D eigenvalue weighted by molar-refractivity contribution is 0.0989. The molecule has 1 heterocycles. The van der Waals surface area contributed by atoms with Gasteiger partial charge in [-0.1, -0.05) is 6.07 Å². The standard InChI is InChI=1S/C19H24N2O4S/c1-14-4-9-18(24-3)19(12-14)26(22,23)20-16-5-7-17(8-6-16)21-10-11-25-13-15(21)2/h4-9,12,15,20H,10-11,13H2,1-3H3. The van der Waals surface area contributed by atoms with Gasteiger partial charge in [-0.25, -0.2) is 8.42 Å². The Bertz CT molecular complexity index is 866. The number of benzene rings is 2. The Labute approximate surface area is 154 Å². The molecule has 1 unspecified atom stereocenters. The average Bonchev–Trinajstić information content (AvgIpc) is 2.63. The third kappa shape index (κ3) is 3.94. The highest BCUT2D eigenvalue weighted by atomic mass is 32.2. The van der Waals surface area contributed by atoms with Gasteiger partial charge in [-0.3, -0.25) is 4.72 Å². The van der Waals surface area contributed by atoms with Gasteiger partial charge in [0, 0.05) is 24.0 Å². The van der Waals surface area contributed by atoms with Crippen LogP contribution in [0.4, 0.5) is 11.4 Å². The molecule has 0 aliphatic carbocycles. The first-order chi connectivity index (χ1) is 12.4. The normalized spacial score (nSPS) is 17.8. The highest BCUT2D eigenvalue weighted by molar-refractivity contribution is 7.92. The number of hydrogen-bond acceptors (Lipinski definition) is 5. The lowest BCUT2D eigenvalue weighted by atomic mass is 10.2. The number of morpholine rings is 1. The molecule has 0 aromatic heterocycles. The van der Waals surface area contributed by atoms with E-state index < -0.39 is 10.0 Å². The molecule has 0 radical (unpaired) electrons. The van der Waals surface area contributed by atoms with Crippen LogP contribution in [0.3, 0.4) is 0 Å². The van der Waals surface area contributed by atoms with Crippen molar-refractivity contribution in [2.24, 2.45) is 0 Å². The Morgan fingerprint density at radius 2 is 1.92 bits per heavy atom. The van der Waals surface area contributed by atoms with Crippen molar-refractivity contribution < 1.29 is 17.9 Å². The van der Waals surface area contributed by atoms with E-state index in [1.165, 1.54) is 7.11 Å². The molecule has 1 aliphatic rings. The lowest BCUT2D eigenvalue weighted by Crippen LogP contribution is -2.43. The van der Waals surface area contributed by atoms with Crippen LogP contribution in [0, 0.1) is 6.92 Å². The number of sulfonamides is 1. The van der Waals surface area contributed by atoms with E-state index in [4.69, 9.17) is 9.47 Å². The molecule has 1 atom stereocenters. The van der Waals surface area contributed by atoms with E-state index in [0.29, 0.717) is 30.7 Å². The summed E-state index contributed by atoms with van der Waals surface area (Å²) in [7, 11) is -2.28. The summed E-state index contributed by atoms with van der Waals surface area (Å²) in [5.41, 5.74) is 2.41. The van der Waals surface area contributed by atoms with E-state index in [1.54, 1.807) is 24.3 Å². The number of anilines is 2. The summed E-state index contributed by atoms with van der Waals surface area (Å²) in [6.07, 6.45) is 0. The molecule has 0 spiro atoms. The van der Waals surface area contributed by atoms with Gasteiger partial charge in [-0.15, -0.1) is 0 Å². The van der Waals surface area contributed by atoms with Crippen LogP contribution in [-0.4, -0.2) is 41.3 Å². The van der Waals surface area contributed by atoms with Gasteiger partial charge in [0.05, 0.1) is 20.3 Å². The third-order valence-corrected chi connectivity index (χ3v) is 5.83. The maximum absolute atomic E-state index is 12.8. The quantitative estimate of drug-likeness (QED) is 0.869. The predicted octanol–water partition coefficient (Wildman–Crippen LogP) is 3.03. The second kappa shape index (κ2) is 7.55. The van der Waals surface area contributed by atoms with Crippen molar-refractivity contribution in [1.29, 1.82) is 0 Å². The van der Waals surface area contributed by atoms with E-state index in [0.717, 1.165) is 17.8 Å². The molecule has 1 N–H and O–H groups in total. The molecular weight excluding hydrogens is 352 g/mol. The molecule has 0 bridgehead atoms. The second-order valence-corrected chi connectivity index (χ2v) is 8.07. The summed E-state index contributed by atoms with van der Waals surface area (Å²) >= 11 is 0. The smallest absolute Gasteiger partial charge is 0.265 e. The van der Waals surface area contributed by atoms with Gasteiger partial charge in [-0.05, 0) is 55.8 Å². The number of hydrogen-bond donors (Lipinski definition) is 1. The van der Waals surface area contributed by atoms with Gasteiger partial charge in [0.25, 0.3) is 10.0 Å². The zero-order chi connectivity index (χ0) is 18.7. The average molecular weight is 376 g/mol. The number of methoxy groups -OCH3 is 1. The van der Waals surface area contributed by atoms with E-state index in [1.807, 2.05) is 25.1 Å². The molecule has 0 saturated carbocycles. The minimum absolute atomic E-state index is 0.130. The van der Waals surface area contributed by atoms with Gasteiger partial charge in [0.1, 0.15) is 10.6 Å². The molecule has 6 nitrogen and oxygen atoms in total. The zero-order valence-electron chi connectivity index (χ0n) is 15.2. The Morgan fingerprint density at radius 1 is 1.19 bits per heavy atom. The topological polar surface area (TPSA) is 67.9 Å². The van der Waals surface area contributed by atoms with Crippen LogP contribution in [0.15, 0.2) is 47.4 Å². The van der Waals surface area contributed by atoms with Crippen molar-refractivity contribution in [2.45, 2.75) is 24.8 Å². The largest absolute Gasteiger partial charge is 0.495 e. The third-order valence-electron chi connectivity index (χ3n) is 4.43. The summed E-state index contributed by atoms with van der Waals surface area (Å²) < 4.78 is 38.8. The van der Waals surface area contributed by atoms with Crippen molar-refractivity contribution in [3.05, 3.63) is 48.0 Å². The lowest BCUT2D eigenvalue weighted by Gasteiger charge is -2.35. The SMILES string of the molecule is COc1ccc(C)cc1S(=O)(=O)Nc1ccc(N2CCOCC2C)cc1. The van der Waals surface area contributed by atoms with Gasteiger partial charge >= 0.3 is 0 Å². The number of ether oxygens (including phenoxy) is 2. The van der Waals surface area contributed by atoms with Crippen molar-refractivity contribution in [3.8, 4) is 5.75 Å². The van der Waals surface area contributed by atoms with Crippen molar-refractivity contribution in [3.63, 3.8) is 0 Å². The molecule has 0 amide bonds. The molecule has 3 rings (SSSR count). The Balaban J connectivity index is 1.81. The molecule has 26 heavy (non-hydrogen) atoms. The van der Waals surface area contributed by atoms with Crippen LogP contribution in [0.25, 0.3) is 0 Å². The summed E-state index contributed by atoms with van der Waals surface area (Å²) in [6.45, 7) is 6.18. The molecule has 2 aromatic rings. The monoisotopic (exact) mass is 376 g/mol. The van der Waals surface area contributed by atoms with Crippen LogP contribution in [0.5, 0.6) is 5.75 Å². The summed E-state index contributed by atoms with van der Waals surface area (Å²) in [5.74, 6) is 0.321. The van der Waals surface area contributed by atoms with Crippen molar-refractivity contribution in [1.82, 2.24) is 0 Å². The molecule has 1 saturated heterocycles. The summed E-state index contributed by atoms with van der Waals surface area (Å²) in [5, 5.41) is 0. The first kappa shape index (κ1) is 18.5. The zero-order valence-corrected chi connectivity index (χ0v) is 16.0. The second-order valence-electron chi connectivity index (χ2n) is 6.42. The van der Waals surface area contributed by atoms with E-state index in [-0.39, 0.29) is 4.90 Å². The molecule has 7 heteroatoms. The predicted molar refractivity (Wildman–Crippen MR) is 103 cm³/mol. The molecular formula is C19H24N2O4S. The highest BCUT2D eigenvalue weighted by Gasteiger charge is 2.21. The number of rotatable bonds is 5. The molecule has 1 aliphatic heterocycles. The van der Waals surface area contributed by atoms with Crippen LogP contribution in [0.1, 0.15) is 12.5 Å². The van der Waals surface area contributed by atoms with Crippen LogP contribution >= 0.6 is 0 Å². The first-order valence-electron chi connectivity index (χ1n) is 8.52. The van der Waals surface area contributed by atoms with Gasteiger partial charge in [0.15, 0.2) is 0 Å². The van der Waals surface area contributed by atoms with Crippen molar-refractivity contribution >= 4 is 21.4 Å². The summed E-state index contributed by atoms with van der Waals surface area (Å²) in [6, 6.07) is 12.8. The van der Waals surface area contributed by atoms with Crippen LogP contribution in [0.2, 0.25) is 0 Å². The first-order valence-corrected chi connectivity index (χ1v) is 10.0. The fourth-order valence-corrected chi connectivity index (χ4v) is 4.35. The van der Waals surface area contributed by atoms with Crippen LogP contribution < -0.4 is 14.4 Å².